The van der Waals surface area contributed by atoms with E-state index < -0.39 is 18.4 Å². The van der Waals surface area contributed by atoms with Crippen LogP contribution in [0.15, 0.2) is 18.2 Å². The monoisotopic (exact) mass is 246 g/mol. The summed E-state index contributed by atoms with van der Waals surface area (Å²) in [4.78, 5) is 0. The Labute approximate surface area is 95.9 Å². The standard InChI is InChI=1S/C11H10F4N2/c12-10-2-1-8(5-9(10)6-16)7-17-4-3-11(13,14)15/h1-2,5,17H,3-4,7H2. The molecule has 0 radical (unpaired) electrons. The van der Waals surface area contributed by atoms with E-state index in [2.05, 4.69) is 5.32 Å². The zero-order valence-electron chi connectivity index (χ0n) is 8.81. The number of nitriles is 1. The molecule has 0 saturated carbocycles. The van der Waals surface area contributed by atoms with Crippen molar-refractivity contribution in [3.8, 4) is 6.07 Å². The van der Waals surface area contributed by atoms with Crippen molar-refractivity contribution >= 4 is 0 Å². The average molecular weight is 246 g/mol. The summed E-state index contributed by atoms with van der Waals surface area (Å²) in [5, 5.41) is 11.1. The Hall–Kier alpha value is -1.61. The summed E-state index contributed by atoms with van der Waals surface area (Å²) in [6, 6.07) is 5.53. The number of hydrogen-bond donors (Lipinski definition) is 1. The maximum absolute atomic E-state index is 12.9. The lowest BCUT2D eigenvalue weighted by molar-refractivity contribution is -0.133. The minimum atomic E-state index is -4.19. The van der Waals surface area contributed by atoms with Crippen LogP contribution < -0.4 is 5.32 Å². The first-order valence-electron chi connectivity index (χ1n) is 4.88. The van der Waals surface area contributed by atoms with E-state index in [1.807, 2.05) is 0 Å². The number of benzene rings is 1. The molecule has 1 rings (SSSR count). The van der Waals surface area contributed by atoms with Gasteiger partial charge in [-0.3, -0.25) is 0 Å². The first-order chi connectivity index (χ1) is 7.92. The summed E-state index contributed by atoms with van der Waals surface area (Å²) >= 11 is 0. The number of rotatable bonds is 4. The highest BCUT2D eigenvalue weighted by atomic mass is 19.4. The summed E-state index contributed by atoms with van der Waals surface area (Å²) in [6.07, 6.45) is -5.10. The summed E-state index contributed by atoms with van der Waals surface area (Å²) in [5.74, 6) is -0.633. The van der Waals surface area contributed by atoms with Crippen molar-refractivity contribution in [3.05, 3.63) is 35.1 Å². The van der Waals surface area contributed by atoms with Gasteiger partial charge in [-0.1, -0.05) is 6.07 Å². The first-order valence-corrected chi connectivity index (χ1v) is 4.88. The average Bonchev–Trinajstić information content (AvgIpc) is 2.25. The Kier molecular flexibility index (Phi) is 4.46. The molecule has 0 atom stereocenters. The third kappa shape index (κ3) is 4.83. The van der Waals surface area contributed by atoms with E-state index in [-0.39, 0.29) is 18.7 Å². The second kappa shape index (κ2) is 5.64. The van der Waals surface area contributed by atoms with Crippen LogP contribution in [0.25, 0.3) is 0 Å². The molecule has 0 fully saturated rings. The van der Waals surface area contributed by atoms with E-state index in [9.17, 15) is 17.6 Å². The van der Waals surface area contributed by atoms with Gasteiger partial charge in [0, 0.05) is 13.1 Å². The SMILES string of the molecule is N#Cc1cc(CNCCC(F)(F)F)ccc1F. The number of hydrogen-bond acceptors (Lipinski definition) is 2. The van der Waals surface area contributed by atoms with Gasteiger partial charge in [-0.2, -0.15) is 18.4 Å². The molecular formula is C11H10F4N2. The maximum atomic E-state index is 12.9. The molecule has 1 N–H and O–H groups in total. The highest BCUT2D eigenvalue weighted by Gasteiger charge is 2.25. The minimum absolute atomic E-state index is 0.111. The molecule has 0 bridgehead atoms. The number of nitrogens with zero attached hydrogens (tertiary/aromatic N) is 1. The minimum Gasteiger partial charge on any atom is -0.312 e. The highest BCUT2D eigenvalue weighted by molar-refractivity contribution is 5.34. The molecular weight excluding hydrogens is 236 g/mol. The lowest BCUT2D eigenvalue weighted by atomic mass is 10.1. The Morgan fingerprint density at radius 2 is 2.00 bits per heavy atom. The molecule has 6 heteroatoms. The van der Waals surface area contributed by atoms with Crippen LogP contribution >= 0.6 is 0 Å². The predicted molar refractivity (Wildman–Crippen MR) is 53.5 cm³/mol. The maximum Gasteiger partial charge on any atom is 0.390 e. The van der Waals surface area contributed by atoms with Crippen molar-refractivity contribution in [2.45, 2.75) is 19.1 Å². The zero-order valence-corrected chi connectivity index (χ0v) is 8.81. The Morgan fingerprint density at radius 3 is 2.59 bits per heavy atom. The predicted octanol–water partition coefficient (Wildman–Crippen LogP) is 2.74. The van der Waals surface area contributed by atoms with Crippen LogP contribution in [0, 0.1) is 17.1 Å². The zero-order chi connectivity index (χ0) is 12.9. The number of halogens is 4. The molecule has 0 aliphatic heterocycles. The van der Waals surface area contributed by atoms with E-state index in [1.165, 1.54) is 12.1 Å². The molecule has 0 saturated heterocycles. The van der Waals surface area contributed by atoms with Crippen molar-refractivity contribution in [1.29, 1.82) is 5.26 Å². The fourth-order valence-corrected chi connectivity index (χ4v) is 1.23. The van der Waals surface area contributed by atoms with Crippen LogP contribution in [0.3, 0.4) is 0 Å². The van der Waals surface area contributed by atoms with Gasteiger partial charge in [-0.05, 0) is 17.7 Å². The topological polar surface area (TPSA) is 35.8 Å². The summed E-state index contributed by atoms with van der Waals surface area (Å²) in [7, 11) is 0. The molecule has 0 unspecified atom stereocenters. The Balaban J connectivity index is 2.45. The summed E-state index contributed by atoms with van der Waals surface area (Å²) in [5.41, 5.74) is 0.463. The van der Waals surface area contributed by atoms with Gasteiger partial charge in [0.1, 0.15) is 11.9 Å². The van der Waals surface area contributed by atoms with Crippen LogP contribution in [0.2, 0.25) is 0 Å². The van der Waals surface area contributed by atoms with Crippen molar-refractivity contribution in [2.75, 3.05) is 6.54 Å². The van der Waals surface area contributed by atoms with Crippen LogP contribution in [0.1, 0.15) is 17.5 Å². The molecule has 92 valence electrons. The fraction of sp³-hybridized carbons (Fsp3) is 0.364. The van der Waals surface area contributed by atoms with Gasteiger partial charge in [0.15, 0.2) is 0 Å². The van der Waals surface area contributed by atoms with E-state index in [1.54, 1.807) is 6.07 Å². The van der Waals surface area contributed by atoms with Crippen LogP contribution in [-0.4, -0.2) is 12.7 Å². The summed E-state index contributed by atoms with van der Waals surface area (Å²) in [6.45, 7) is -0.0339. The lowest BCUT2D eigenvalue weighted by Gasteiger charge is -2.08. The largest absolute Gasteiger partial charge is 0.390 e. The Bertz CT molecular complexity index is 420. The van der Waals surface area contributed by atoms with Crippen LogP contribution in [0.4, 0.5) is 17.6 Å². The van der Waals surface area contributed by atoms with Gasteiger partial charge >= 0.3 is 6.18 Å². The van der Waals surface area contributed by atoms with Crippen LogP contribution in [-0.2, 0) is 6.54 Å². The van der Waals surface area contributed by atoms with Crippen molar-refractivity contribution in [1.82, 2.24) is 5.32 Å². The number of alkyl halides is 3. The molecule has 0 heterocycles. The van der Waals surface area contributed by atoms with Gasteiger partial charge in [-0.15, -0.1) is 0 Å². The van der Waals surface area contributed by atoms with Gasteiger partial charge in [0.2, 0.25) is 0 Å². The molecule has 1 aromatic rings. The first kappa shape index (κ1) is 13.5. The van der Waals surface area contributed by atoms with E-state index in [4.69, 9.17) is 5.26 Å². The van der Waals surface area contributed by atoms with Crippen molar-refractivity contribution < 1.29 is 17.6 Å². The second-order valence-corrected chi connectivity index (χ2v) is 3.47. The normalized spacial score (nSPS) is 11.2. The van der Waals surface area contributed by atoms with Crippen molar-refractivity contribution in [2.24, 2.45) is 0 Å². The molecule has 0 amide bonds. The van der Waals surface area contributed by atoms with E-state index in [0.29, 0.717) is 5.56 Å². The molecule has 0 aromatic heterocycles. The molecule has 17 heavy (non-hydrogen) atoms. The molecule has 2 nitrogen and oxygen atoms in total. The fourth-order valence-electron chi connectivity index (χ4n) is 1.23. The van der Waals surface area contributed by atoms with E-state index in [0.717, 1.165) is 6.07 Å². The van der Waals surface area contributed by atoms with Gasteiger partial charge in [-0.25, -0.2) is 4.39 Å². The molecule has 0 spiro atoms. The smallest absolute Gasteiger partial charge is 0.312 e. The van der Waals surface area contributed by atoms with Gasteiger partial charge in [0.05, 0.1) is 12.0 Å². The second-order valence-electron chi connectivity index (χ2n) is 3.47. The van der Waals surface area contributed by atoms with E-state index >= 15 is 0 Å². The summed E-state index contributed by atoms with van der Waals surface area (Å²) < 4.78 is 48.4. The highest BCUT2D eigenvalue weighted by Crippen LogP contribution is 2.18. The van der Waals surface area contributed by atoms with Gasteiger partial charge in [0.25, 0.3) is 0 Å². The molecule has 0 aliphatic rings. The quantitative estimate of drug-likeness (QED) is 0.655. The number of nitrogens with one attached hydrogen (secondary N) is 1. The third-order valence-electron chi connectivity index (χ3n) is 2.07. The molecule has 0 aliphatic carbocycles. The van der Waals surface area contributed by atoms with Crippen LogP contribution in [0.5, 0.6) is 0 Å². The third-order valence-corrected chi connectivity index (χ3v) is 2.07. The lowest BCUT2D eigenvalue weighted by Crippen LogP contribution is -2.21. The van der Waals surface area contributed by atoms with Crippen molar-refractivity contribution in [3.63, 3.8) is 0 Å². The molecule has 1 aromatic carbocycles. The Morgan fingerprint density at radius 1 is 1.29 bits per heavy atom. The van der Waals surface area contributed by atoms with Gasteiger partial charge < -0.3 is 5.32 Å².